The van der Waals surface area contributed by atoms with Crippen molar-refractivity contribution in [2.75, 3.05) is 0 Å². The van der Waals surface area contributed by atoms with Crippen LogP contribution in [0.25, 0.3) is 0 Å². The summed E-state index contributed by atoms with van der Waals surface area (Å²) in [6.07, 6.45) is 0. The first-order valence-electron chi connectivity index (χ1n) is 3.03. The van der Waals surface area contributed by atoms with E-state index in [2.05, 4.69) is 41.3 Å². The molecule has 1 atom stereocenters. The Morgan fingerprint density at radius 1 is 1.10 bits per heavy atom. The fourth-order valence-electron chi connectivity index (χ4n) is 0.827. The van der Waals surface area contributed by atoms with Crippen LogP contribution in [-0.4, -0.2) is 0 Å². The van der Waals surface area contributed by atoms with Gasteiger partial charge in [0.05, 0.1) is 0 Å². The summed E-state index contributed by atoms with van der Waals surface area (Å²) in [6.45, 7) is 4.24. The van der Waals surface area contributed by atoms with E-state index in [4.69, 9.17) is 0 Å². The van der Waals surface area contributed by atoms with Crippen molar-refractivity contribution in [2.24, 2.45) is 0 Å². The molecule has 0 N–H and O–H groups in total. The van der Waals surface area contributed by atoms with Gasteiger partial charge in [-0.2, -0.15) is 0 Å². The largest absolute Gasteiger partial charge is 0.105 e. The summed E-state index contributed by atoms with van der Waals surface area (Å²) in [6, 6.07) is 6.32. The van der Waals surface area contributed by atoms with Gasteiger partial charge in [-0.1, -0.05) is 18.2 Å². The van der Waals surface area contributed by atoms with Crippen LogP contribution in [0, 0.1) is 13.8 Å². The summed E-state index contributed by atoms with van der Waals surface area (Å²) in [7, 11) is 2.74. The average Bonchev–Trinajstić information content (AvgIpc) is 1.83. The Balaban J connectivity index is 0.000000810. The molecule has 0 aliphatic rings. The number of hydrogen-bond acceptors (Lipinski definition) is 0. The quantitative estimate of drug-likeness (QED) is 0.482. The van der Waals surface area contributed by atoms with Gasteiger partial charge in [-0.15, -0.1) is 9.24 Å². The molecule has 0 aliphatic heterocycles. The van der Waals surface area contributed by atoms with Crippen LogP contribution in [-0.2, 0) is 20.4 Å². The second-order valence-electron chi connectivity index (χ2n) is 2.31. The monoisotopic (exact) mass is 244 g/mol. The third-order valence-corrected chi connectivity index (χ3v) is 2.45. The molecule has 1 aromatic rings. The van der Waals surface area contributed by atoms with E-state index < -0.39 is 0 Å². The number of rotatable bonds is 0. The van der Waals surface area contributed by atoms with Crippen LogP contribution in [0.5, 0.6) is 0 Å². The average molecular weight is 245 g/mol. The maximum Gasteiger partial charge on any atom is 0 e. The molecule has 0 amide bonds. The molecule has 0 fully saturated rings. The summed E-state index contributed by atoms with van der Waals surface area (Å²) in [4.78, 5) is 0. The van der Waals surface area contributed by atoms with Crippen molar-refractivity contribution >= 4 is 14.5 Å². The van der Waals surface area contributed by atoms with Gasteiger partial charge in [0, 0.05) is 20.4 Å². The molecule has 0 spiro atoms. The van der Waals surface area contributed by atoms with E-state index in [1.807, 2.05) is 0 Å². The molecular formula is C8H11PPd. The van der Waals surface area contributed by atoms with Gasteiger partial charge in [0.25, 0.3) is 0 Å². The van der Waals surface area contributed by atoms with Gasteiger partial charge in [0.15, 0.2) is 0 Å². The van der Waals surface area contributed by atoms with E-state index in [1.165, 1.54) is 16.4 Å². The molecular weight excluding hydrogens is 233 g/mol. The van der Waals surface area contributed by atoms with Gasteiger partial charge < -0.3 is 0 Å². The third-order valence-electron chi connectivity index (χ3n) is 1.54. The summed E-state index contributed by atoms with van der Waals surface area (Å²) < 4.78 is 0. The Kier molecular flexibility index (Phi) is 4.38. The van der Waals surface area contributed by atoms with Crippen LogP contribution >= 0.6 is 9.24 Å². The fourth-order valence-corrected chi connectivity index (χ4v) is 1.02. The van der Waals surface area contributed by atoms with Gasteiger partial charge in [-0.25, -0.2) is 0 Å². The first-order chi connectivity index (χ1) is 4.22. The van der Waals surface area contributed by atoms with E-state index in [0.717, 1.165) is 0 Å². The minimum Gasteiger partial charge on any atom is -0.105 e. The van der Waals surface area contributed by atoms with Gasteiger partial charge >= 0.3 is 0 Å². The van der Waals surface area contributed by atoms with Crippen LogP contribution in [0.4, 0.5) is 0 Å². The van der Waals surface area contributed by atoms with Crippen molar-refractivity contribution < 1.29 is 20.4 Å². The first kappa shape index (κ1) is 10.3. The predicted octanol–water partition coefficient (Wildman–Crippen LogP) is 1.80. The topological polar surface area (TPSA) is 0 Å². The maximum atomic E-state index is 2.74. The summed E-state index contributed by atoms with van der Waals surface area (Å²) >= 11 is 0. The molecule has 0 saturated carbocycles. The Bertz CT molecular complexity index is 200. The van der Waals surface area contributed by atoms with Crippen molar-refractivity contribution in [2.45, 2.75) is 13.8 Å². The van der Waals surface area contributed by atoms with Gasteiger partial charge in [0.2, 0.25) is 0 Å². The maximum absolute atomic E-state index is 2.74. The molecule has 1 rings (SSSR count). The molecule has 58 valence electrons. The standard InChI is InChI=1S/C8H11P.Pd/c1-6-4-3-5-7(2)8(6)9;/h3-5H,9H2,1-2H3;. The van der Waals surface area contributed by atoms with Crippen molar-refractivity contribution in [1.29, 1.82) is 0 Å². The summed E-state index contributed by atoms with van der Waals surface area (Å²) in [5, 5.41) is 1.33. The van der Waals surface area contributed by atoms with E-state index in [0.29, 0.717) is 0 Å². The van der Waals surface area contributed by atoms with Crippen molar-refractivity contribution in [3.05, 3.63) is 29.3 Å². The Hall–Kier alpha value is 0.312. The number of benzene rings is 1. The Labute approximate surface area is 78.3 Å². The normalized spacial score (nSPS) is 8.70. The number of aryl methyl sites for hydroxylation is 2. The second kappa shape index (κ2) is 4.24. The second-order valence-corrected chi connectivity index (χ2v) is 2.88. The van der Waals surface area contributed by atoms with Crippen molar-refractivity contribution in [1.82, 2.24) is 0 Å². The molecule has 1 aromatic carbocycles. The SMILES string of the molecule is Cc1cccc(C)c1P.[Pd]. The molecule has 0 bridgehead atoms. The molecule has 0 saturated heterocycles. The molecule has 0 radical (unpaired) electrons. The zero-order chi connectivity index (χ0) is 6.85. The zero-order valence-electron chi connectivity index (χ0n) is 6.13. The minimum absolute atomic E-state index is 0. The van der Waals surface area contributed by atoms with Crippen LogP contribution in [0.2, 0.25) is 0 Å². The van der Waals surface area contributed by atoms with Crippen LogP contribution < -0.4 is 5.30 Å². The van der Waals surface area contributed by atoms with E-state index in [-0.39, 0.29) is 20.4 Å². The van der Waals surface area contributed by atoms with Crippen molar-refractivity contribution in [3.63, 3.8) is 0 Å². The zero-order valence-corrected chi connectivity index (χ0v) is 8.83. The minimum atomic E-state index is 0. The smallest absolute Gasteiger partial charge is 0 e. The van der Waals surface area contributed by atoms with Crippen LogP contribution in [0.15, 0.2) is 18.2 Å². The van der Waals surface area contributed by atoms with Gasteiger partial charge in [0.1, 0.15) is 0 Å². The van der Waals surface area contributed by atoms with E-state index in [9.17, 15) is 0 Å². The third kappa shape index (κ3) is 2.17. The van der Waals surface area contributed by atoms with Crippen LogP contribution in [0.1, 0.15) is 11.1 Å². The molecule has 0 aromatic heterocycles. The predicted molar refractivity (Wildman–Crippen MR) is 45.3 cm³/mol. The number of hydrogen-bond donors (Lipinski definition) is 0. The van der Waals surface area contributed by atoms with Gasteiger partial charge in [-0.3, -0.25) is 0 Å². The van der Waals surface area contributed by atoms with E-state index in [1.54, 1.807) is 0 Å². The summed E-state index contributed by atoms with van der Waals surface area (Å²) in [5.74, 6) is 0. The van der Waals surface area contributed by atoms with Crippen molar-refractivity contribution in [3.8, 4) is 0 Å². The van der Waals surface area contributed by atoms with Gasteiger partial charge in [-0.05, 0) is 30.3 Å². The molecule has 0 nitrogen and oxygen atoms in total. The molecule has 10 heavy (non-hydrogen) atoms. The molecule has 1 unspecified atom stereocenters. The van der Waals surface area contributed by atoms with Crippen LogP contribution in [0.3, 0.4) is 0 Å². The molecule has 2 heteroatoms. The fraction of sp³-hybridized carbons (Fsp3) is 0.250. The first-order valence-corrected chi connectivity index (χ1v) is 3.61. The Morgan fingerprint density at radius 2 is 1.50 bits per heavy atom. The van der Waals surface area contributed by atoms with E-state index >= 15 is 0 Å². The molecule has 0 aliphatic carbocycles. The molecule has 0 heterocycles. The summed E-state index contributed by atoms with van der Waals surface area (Å²) in [5.41, 5.74) is 2.69. The Morgan fingerprint density at radius 3 is 1.80 bits per heavy atom.